The Labute approximate surface area is 89.2 Å². The van der Waals surface area contributed by atoms with Crippen LogP contribution in [0.15, 0.2) is 12.3 Å². The Bertz CT molecular complexity index is 281. The highest BCUT2D eigenvalue weighted by molar-refractivity contribution is 4.96. The van der Waals surface area contributed by atoms with Gasteiger partial charge < -0.3 is 14.8 Å². The van der Waals surface area contributed by atoms with Crippen LogP contribution < -0.4 is 5.32 Å². The summed E-state index contributed by atoms with van der Waals surface area (Å²) in [5.74, 6) is -0.388. The van der Waals surface area contributed by atoms with Gasteiger partial charge in [0, 0.05) is 31.4 Å². The SMILES string of the molecule is CC1(CCNCc2ccn[nH]2)OCCO1. The average molecular weight is 211 g/mol. The molecule has 0 radical (unpaired) electrons. The molecule has 0 atom stereocenters. The van der Waals surface area contributed by atoms with Crippen molar-refractivity contribution in [3.63, 3.8) is 0 Å². The highest BCUT2D eigenvalue weighted by Gasteiger charge is 2.29. The maximum absolute atomic E-state index is 5.50. The van der Waals surface area contributed by atoms with Gasteiger partial charge in [0.2, 0.25) is 0 Å². The average Bonchev–Trinajstić information content (AvgIpc) is 2.84. The third kappa shape index (κ3) is 3.02. The van der Waals surface area contributed by atoms with E-state index in [1.807, 2.05) is 13.0 Å². The summed E-state index contributed by atoms with van der Waals surface area (Å²) in [5, 5.41) is 10.1. The lowest BCUT2D eigenvalue weighted by Gasteiger charge is -2.22. The Hall–Kier alpha value is -0.910. The van der Waals surface area contributed by atoms with Crippen LogP contribution in [0.4, 0.5) is 0 Å². The fourth-order valence-corrected chi connectivity index (χ4v) is 1.62. The molecule has 1 aliphatic heterocycles. The first kappa shape index (κ1) is 10.6. The Morgan fingerprint density at radius 1 is 1.53 bits per heavy atom. The summed E-state index contributed by atoms with van der Waals surface area (Å²) in [4.78, 5) is 0. The van der Waals surface area contributed by atoms with Crippen molar-refractivity contribution in [3.05, 3.63) is 18.0 Å². The van der Waals surface area contributed by atoms with Gasteiger partial charge in [0.15, 0.2) is 5.79 Å². The third-order valence-electron chi connectivity index (χ3n) is 2.53. The van der Waals surface area contributed by atoms with Crippen LogP contribution in [0, 0.1) is 0 Å². The molecule has 84 valence electrons. The molecule has 0 unspecified atom stereocenters. The minimum atomic E-state index is -0.388. The van der Waals surface area contributed by atoms with E-state index in [-0.39, 0.29) is 5.79 Å². The maximum atomic E-state index is 5.50. The van der Waals surface area contributed by atoms with Crippen LogP contribution >= 0.6 is 0 Å². The number of hydrogen-bond acceptors (Lipinski definition) is 4. The van der Waals surface area contributed by atoms with Crippen molar-refractivity contribution in [1.82, 2.24) is 15.5 Å². The number of ether oxygens (including phenoxy) is 2. The topological polar surface area (TPSA) is 59.2 Å². The zero-order valence-corrected chi connectivity index (χ0v) is 8.95. The Morgan fingerprint density at radius 2 is 2.33 bits per heavy atom. The van der Waals surface area contributed by atoms with Gasteiger partial charge in [-0.1, -0.05) is 0 Å². The van der Waals surface area contributed by atoms with Crippen molar-refractivity contribution in [3.8, 4) is 0 Å². The number of hydrogen-bond donors (Lipinski definition) is 2. The number of nitrogens with one attached hydrogen (secondary N) is 2. The summed E-state index contributed by atoms with van der Waals surface area (Å²) in [6.45, 7) is 5.07. The van der Waals surface area contributed by atoms with Gasteiger partial charge in [0.25, 0.3) is 0 Å². The molecule has 2 heterocycles. The highest BCUT2D eigenvalue weighted by atomic mass is 16.7. The van der Waals surface area contributed by atoms with Gasteiger partial charge in [-0.3, -0.25) is 5.10 Å². The Morgan fingerprint density at radius 3 is 3.00 bits per heavy atom. The molecule has 1 aromatic heterocycles. The molecule has 0 spiro atoms. The van der Waals surface area contributed by atoms with E-state index in [0.29, 0.717) is 13.2 Å². The number of aromatic nitrogens is 2. The third-order valence-corrected chi connectivity index (χ3v) is 2.53. The fraction of sp³-hybridized carbons (Fsp3) is 0.700. The van der Waals surface area contributed by atoms with E-state index in [9.17, 15) is 0 Å². The first-order valence-electron chi connectivity index (χ1n) is 5.25. The summed E-state index contributed by atoms with van der Waals surface area (Å²) >= 11 is 0. The van der Waals surface area contributed by atoms with Crippen LogP contribution in [0.2, 0.25) is 0 Å². The van der Waals surface area contributed by atoms with E-state index in [4.69, 9.17) is 9.47 Å². The number of aromatic amines is 1. The zero-order valence-electron chi connectivity index (χ0n) is 8.95. The second-order valence-electron chi connectivity index (χ2n) is 3.84. The molecule has 1 saturated heterocycles. The Balaban J connectivity index is 1.62. The van der Waals surface area contributed by atoms with Crippen LogP contribution in [-0.2, 0) is 16.0 Å². The first-order chi connectivity index (χ1) is 7.29. The molecule has 15 heavy (non-hydrogen) atoms. The van der Waals surface area contributed by atoms with Crippen molar-refractivity contribution in [2.75, 3.05) is 19.8 Å². The lowest BCUT2D eigenvalue weighted by Crippen LogP contribution is -2.30. The number of nitrogens with zero attached hydrogens (tertiary/aromatic N) is 1. The molecule has 0 aliphatic carbocycles. The molecule has 0 amide bonds. The minimum Gasteiger partial charge on any atom is -0.348 e. The van der Waals surface area contributed by atoms with E-state index < -0.39 is 0 Å². The summed E-state index contributed by atoms with van der Waals surface area (Å²) < 4.78 is 11.0. The largest absolute Gasteiger partial charge is 0.348 e. The predicted molar refractivity (Wildman–Crippen MR) is 55.2 cm³/mol. The standard InChI is InChI=1S/C10H17N3O2/c1-10(14-6-7-15-10)3-5-11-8-9-2-4-12-13-9/h2,4,11H,3,5-8H2,1H3,(H,12,13). The molecule has 5 heteroatoms. The first-order valence-corrected chi connectivity index (χ1v) is 5.25. The van der Waals surface area contributed by atoms with Crippen molar-refractivity contribution < 1.29 is 9.47 Å². The quantitative estimate of drug-likeness (QED) is 0.702. The molecular formula is C10H17N3O2. The molecular weight excluding hydrogens is 194 g/mol. The molecule has 1 aromatic rings. The van der Waals surface area contributed by atoms with Crippen LogP contribution in [0.1, 0.15) is 19.0 Å². The molecule has 1 fully saturated rings. The molecule has 0 aromatic carbocycles. The molecule has 5 nitrogen and oxygen atoms in total. The maximum Gasteiger partial charge on any atom is 0.166 e. The van der Waals surface area contributed by atoms with Crippen LogP contribution in [0.3, 0.4) is 0 Å². The molecule has 0 saturated carbocycles. The lowest BCUT2D eigenvalue weighted by atomic mass is 10.2. The monoisotopic (exact) mass is 211 g/mol. The van der Waals surface area contributed by atoms with Crippen LogP contribution in [0.5, 0.6) is 0 Å². The van der Waals surface area contributed by atoms with Gasteiger partial charge in [0.05, 0.1) is 13.2 Å². The summed E-state index contributed by atoms with van der Waals surface area (Å²) in [6, 6.07) is 1.96. The van der Waals surface area contributed by atoms with Gasteiger partial charge >= 0.3 is 0 Å². The van der Waals surface area contributed by atoms with Gasteiger partial charge in [0.1, 0.15) is 0 Å². The smallest absolute Gasteiger partial charge is 0.166 e. The van der Waals surface area contributed by atoms with E-state index in [2.05, 4.69) is 15.5 Å². The number of rotatable bonds is 5. The van der Waals surface area contributed by atoms with E-state index in [0.717, 1.165) is 25.2 Å². The lowest BCUT2D eigenvalue weighted by molar-refractivity contribution is -0.145. The Kier molecular flexibility index (Phi) is 3.35. The summed E-state index contributed by atoms with van der Waals surface area (Å²) in [5.41, 5.74) is 1.09. The highest BCUT2D eigenvalue weighted by Crippen LogP contribution is 2.21. The number of H-pyrrole nitrogens is 1. The predicted octanol–water partition coefficient (Wildman–Crippen LogP) is 0.652. The van der Waals surface area contributed by atoms with E-state index >= 15 is 0 Å². The molecule has 0 bridgehead atoms. The van der Waals surface area contributed by atoms with Crippen LogP contribution in [0.25, 0.3) is 0 Å². The summed E-state index contributed by atoms with van der Waals surface area (Å²) in [7, 11) is 0. The van der Waals surface area contributed by atoms with Gasteiger partial charge in [-0.15, -0.1) is 0 Å². The van der Waals surface area contributed by atoms with Gasteiger partial charge in [-0.2, -0.15) is 5.10 Å². The molecule has 2 N–H and O–H groups in total. The second kappa shape index (κ2) is 4.74. The zero-order chi connectivity index (χ0) is 10.6. The summed E-state index contributed by atoms with van der Waals surface area (Å²) in [6.07, 6.45) is 2.61. The van der Waals surface area contributed by atoms with Crippen LogP contribution in [-0.4, -0.2) is 35.7 Å². The minimum absolute atomic E-state index is 0.388. The fourth-order valence-electron chi connectivity index (χ4n) is 1.62. The van der Waals surface area contributed by atoms with Crippen molar-refractivity contribution in [2.45, 2.75) is 25.7 Å². The van der Waals surface area contributed by atoms with Gasteiger partial charge in [-0.05, 0) is 13.0 Å². The molecule has 2 rings (SSSR count). The second-order valence-corrected chi connectivity index (χ2v) is 3.84. The van der Waals surface area contributed by atoms with E-state index in [1.165, 1.54) is 0 Å². The van der Waals surface area contributed by atoms with Gasteiger partial charge in [-0.25, -0.2) is 0 Å². The van der Waals surface area contributed by atoms with Crippen molar-refractivity contribution in [2.24, 2.45) is 0 Å². The normalized spacial score (nSPS) is 19.5. The van der Waals surface area contributed by atoms with E-state index in [1.54, 1.807) is 6.20 Å². The molecule has 1 aliphatic rings. The van der Waals surface area contributed by atoms with Crippen molar-refractivity contribution in [1.29, 1.82) is 0 Å². The van der Waals surface area contributed by atoms with Crippen molar-refractivity contribution >= 4 is 0 Å².